The molecule has 20 heavy (non-hydrogen) atoms. The van der Waals surface area contributed by atoms with E-state index in [1.54, 1.807) is 12.1 Å². The first-order valence-electron chi connectivity index (χ1n) is 5.64. The minimum atomic E-state index is -4.43. The zero-order valence-electron chi connectivity index (χ0n) is 10.5. The molecule has 0 aromatic carbocycles. The van der Waals surface area contributed by atoms with Crippen LogP contribution in [0.1, 0.15) is 11.3 Å². The summed E-state index contributed by atoms with van der Waals surface area (Å²) in [6.07, 6.45) is -1.78. The van der Waals surface area contributed by atoms with Crippen molar-refractivity contribution in [2.75, 3.05) is 7.11 Å². The van der Waals surface area contributed by atoms with Crippen molar-refractivity contribution in [3.63, 3.8) is 0 Å². The highest BCUT2D eigenvalue weighted by Crippen LogP contribution is 2.27. The van der Waals surface area contributed by atoms with Gasteiger partial charge in [-0.05, 0) is 12.1 Å². The van der Waals surface area contributed by atoms with Crippen LogP contribution in [0.15, 0.2) is 36.7 Å². The fourth-order valence-corrected chi connectivity index (χ4v) is 1.44. The third kappa shape index (κ3) is 3.59. The molecular formula is C13H11F3N2O2. The van der Waals surface area contributed by atoms with Crippen LogP contribution in [0.4, 0.5) is 13.2 Å². The topological polar surface area (TPSA) is 44.2 Å². The molecule has 2 aromatic rings. The molecule has 0 unspecified atom stereocenters. The number of pyridine rings is 2. The lowest BCUT2D eigenvalue weighted by molar-refractivity contribution is -0.141. The summed E-state index contributed by atoms with van der Waals surface area (Å²) in [6.45, 7) is 0.109. The molecule has 0 radical (unpaired) electrons. The van der Waals surface area contributed by atoms with Gasteiger partial charge in [-0.25, -0.2) is 4.98 Å². The molecule has 0 aliphatic rings. The van der Waals surface area contributed by atoms with Gasteiger partial charge in [0.05, 0.1) is 7.11 Å². The zero-order valence-corrected chi connectivity index (χ0v) is 10.5. The molecular weight excluding hydrogens is 273 g/mol. The molecule has 0 aliphatic heterocycles. The van der Waals surface area contributed by atoms with Crippen LogP contribution in [-0.4, -0.2) is 17.1 Å². The third-order valence-electron chi connectivity index (χ3n) is 2.44. The first-order chi connectivity index (χ1) is 9.49. The molecule has 0 bridgehead atoms. The van der Waals surface area contributed by atoms with Gasteiger partial charge < -0.3 is 9.47 Å². The van der Waals surface area contributed by atoms with Crippen LogP contribution in [0, 0.1) is 0 Å². The molecule has 4 nitrogen and oxygen atoms in total. The van der Waals surface area contributed by atoms with Crippen LogP contribution in [0.25, 0.3) is 0 Å². The third-order valence-corrected chi connectivity index (χ3v) is 2.44. The Morgan fingerprint density at radius 3 is 2.55 bits per heavy atom. The van der Waals surface area contributed by atoms with Crippen molar-refractivity contribution < 1.29 is 22.6 Å². The van der Waals surface area contributed by atoms with E-state index >= 15 is 0 Å². The predicted octanol–water partition coefficient (Wildman–Crippen LogP) is 3.08. The Kier molecular flexibility index (Phi) is 4.07. The molecule has 2 aromatic heterocycles. The van der Waals surface area contributed by atoms with E-state index < -0.39 is 11.9 Å². The van der Waals surface area contributed by atoms with E-state index in [0.29, 0.717) is 17.2 Å². The van der Waals surface area contributed by atoms with Gasteiger partial charge in [0.2, 0.25) is 5.88 Å². The molecule has 2 rings (SSSR count). The summed E-state index contributed by atoms with van der Waals surface area (Å²) < 4.78 is 47.4. The number of halogens is 3. The SMILES string of the molecule is COc1cc(OCc2ccc(C(F)(F)F)nc2)ccn1. The quantitative estimate of drug-likeness (QED) is 0.865. The zero-order chi connectivity index (χ0) is 14.6. The van der Waals surface area contributed by atoms with Crippen molar-refractivity contribution in [1.29, 1.82) is 0 Å². The lowest BCUT2D eigenvalue weighted by Crippen LogP contribution is -2.08. The van der Waals surface area contributed by atoms with E-state index in [9.17, 15) is 13.2 Å². The van der Waals surface area contributed by atoms with E-state index in [0.717, 1.165) is 12.3 Å². The van der Waals surface area contributed by atoms with Crippen LogP contribution in [-0.2, 0) is 12.8 Å². The molecule has 0 amide bonds. The first-order valence-corrected chi connectivity index (χ1v) is 5.64. The average Bonchev–Trinajstić information content (AvgIpc) is 2.45. The molecule has 0 aliphatic carbocycles. The minimum Gasteiger partial charge on any atom is -0.489 e. The molecule has 0 spiro atoms. The van der Waals surface area contributed by atoms with Crippen molar-refractivity contribution in [3.05, 3.63) is 47.9 Å². The van der Waals surface area contributed by atoms with Gasteiger partial charge in [0.25, 0.3) is 0 Å². The highest BCUT2D eigenvalue weighted by molar-refractivity contribution is 5.26. The van der Waals surface area contributed by atoms with E-state index in [4.69, 9.17) is 9.47 Å². The van der Waals surface area contributed by atoms with Crippen LogP contribution in [0.2, 0.25) is 0 Å². The number of hydrogen-bond donors (Lipinski definition) is 0. The highest BCUT2D eigenvalue weighted by Gasteiger charge is 2.31. The number of aromatic nitrogens is 2. The fraction of sp³-hybridized carbons (Fsp3) is 0.231. The van der Waals surface area contributed by atoms with Gasteiger partial charge in [0.1, 0.15) is 18.1 Å². The Morgan fingerprint density at radius 1 is 1.15 bits per heavy atom. The lowest BCUT2D eigenvalue weighted by Gasteiger charge is -2.08. The maximum atomic E-state index is 12.3. The molecule has 106 valence electrons. The Morgan fingerprint density at radius 2 is 1.95 bits per heavy atom. The highest BCUT2D eigenvalue weighted by atomic mass is 19.4. The van der Waals surface area contributed by atoms with Gasteiger partial charge in [-0.1, -0.05) is 6.07 Å². The maximum absolute atomic E-state index is 12.3. The van der Waals surface area contributed by atoms with Crippen molar-refractivity contribution >= 4 is 0 Å². The number of nitrogens with zero attached hydrogens (tertiary/aromatic N) is 2. The summed E-state index contributed by atoms with van der Waals surface area (Å²) in [5.41, 5.74) is -0.388. The Balaban J connectivity index is 2.00. The molecule has 0 saturated carbocycles. The van der Waals surface area contributed by atoms with Crippen molar-refractivity contribution in [3.8, 4) is 11.6 Å². The molecule has 0 saturated heterocycles. The van der Waals surface area contributed by atoms with Crippen LogP contribution < -0.4 is 9.47 Å². The van der Waals surface area contributed by atoms with E-state index in [1.807, 2.05) is 0 Å². The van der Waals surface area contributed by atoms with Crippen LogP contribution in [0.5, 0.6) is 11.6 Å². The number of hydrogen-bond acceptors (Lipinski definition) is 4. The Bertz CT molecular complexity index is 571. The molecule has 0 atom stereocenters. The Hall–Kier alpha value is -2.31. The van der Waals surface area contributed by atoms with Gasteiger partial charge >= 0.3 is 6.18 Å². The van der Waals surface area contributed by atoms with Crippen molar-refractivity contribution in [2.45, 2.75) is 12.8 Å². The van der Waals surface area contributed by atoms with Gasteiger partial charge in [-0.15, -0.1) is 0 Å². The molecule has 2 heterocycles. The standard InChI is InChI=1S/C13H11F3N2O2/c1-19-12-6-10(4-5-17-12)20-8-9-2-3-11(18-7-9)13(14,15)16/h2-7H,8H2,1H3. The summed E-state index contributed by atoms with van der Waals surface area (Å²) in [5, 5.41) is 0. The second-order valence-electron chi connectivity index (χ2n) is 3.87. The monoisotopic (exact) mass is 284 g/mol. The van der Waals surface area contributed by atoms with Gasteiger partial charge in [0.15, 0.2) is 0 Å². The van der Waals surface area contributed by atoms with Crippen LogP contribution in [0.3, 0.4) is 0 Å². The fourth-order valence-electron chi connectivity index (χ4n) is 1.44. The smallest absolute Gasteiger partial charge is 0.433 e. The summed E-state index contributed by atoms with van der Waals surface area (Å²) in [7, 11) is 1.48. The number of alkyl halides is 3. The minimum absolute atomic E-state index is 0.109. The van der Waals surface area contributed by atoms with Gasteiger partial charge in [0, 0.05) is 24.0 Å². The predicted molar refractivity (Wildman–Crippen MR) is 64.4 cm³/mol. The second-order valence-corrected chi connectivity index (χ2v) is 3.87. The largest absolute Gasteiger partial charge is 0.489 e. The van der Waals surface area contributed by atoms with Crippen molar-refractivity contribution in [2.24, 2.45) is 0 Å². The number of methoxy groups -OCH3 is 1. The first kappa shape index (κ1) is 14.1. The Labute approximate surface area is 113 Å². The van der Waals surface area contributed by atoms with E-state index in [1.165, 1.54) is 19.4 Å². The number of ether oxygens (including phenoxy) is 2. The molecule has 7 heteroatoms. The van der Waals surface area contributed by atoms with E-state index in [2.05, 4.69) is 9.97 Å². The summed E-state index contributed by atoms with van der Waals surface area (Å²) >= 11 is 0. The lowest BCUT2D eigenvalue weighted by atomic mass is 10.2. The van der Waals surface area contributed by atoms with E-state index in [-0.39, 0.29) is 6.61 Å². The normalized spacial score (nSPS) is 11.2. The average molecular weight is 284 g/mol. The number of rotatable bonds is 4. The molecule has 0 N–H and O–H groups in total. The maximum Gasteiger partial charge on any atom is 0.433 e. The van der Waals surface area contributed by atoms with Gasteiger partial charge in [-0.2, -0.15) is 13.2 Å². The second kappa shape index (κ2) is 5.77. The van der Waals surface area contributed by atoms with Gasteiger partial charge in [-0.3, -0.25) is 4.98 Å². The summed E-state index contributed by atoms with van der Waals surface area (Å²) in [4.78, 5) is 7.27. The molecule has 0 fully saturated rings. The summed E-state index contributed by atoms with van der Waals surface area (Å²) in [6, 6.07) is 5.46. The van der Waals surface area contributed by atoms with Crippen LogP contribution >= 0.6 is 0 Å². The summed E-state index contributed by atoms with van der Waals surface area (Å²) in [5.74, 6) is 0.907. The van der Waals surface area contributed by atoms with Crippen molar-refractivity contribution in [1.82, 2.24) is 9.97 Å².